The van der Waals surface area contributed by atoms with E-state index in [1.54, 1.807) is 0 Å². The number of nitrogens with one attached hydrogen (secondary N) is 1. The first-order chi connectivity index (χ1) is 9.49. The third kappa shape index (κ3) is 3.23. The van der Waals surface area contributed by atoms with Crippen LogP contribution >= 0.6 is 11.6 Å². The lowest BCUT2D eigenvalue weighted by Crippen LogP contribution is -2.38. The lowest BCUT2D eigenvalue weighted by Gasteiger charge is -2.26. The number of nitro groups is 1. The van der Waals surface area contributed by atoms with Gasteiger partial charge in [-0.15, -0.1) is 0 Å². The van der Waals surface area contributed by atoms with E-state index in [1.165, 1.54) is 12.3 Å². The standard InChI is InChI=1S/C12H14ClN3O4/c13-11-10(16(19)20)9(5-6-14-11)12(18)15-7-1-3-8(17)4-2-7/h5-8,17H,1-4H2,(H,15,18). The van der Waals surface area contributed by atoms with Gasteiger partial charge in [0.25, 0.3) is 5.91 Å². The molecule has 1 saturated carbocycles. The van der Waals surface area contributed by atoms with Crippen molar-refractivity contribution in [1.82, 2.24) is 10.3 Å². The summed E-state index contributed by atoms with van der Waals surface area (Å²) in [5.74, 6) is -0.539. The Morgan fingerprint density at radius 3 is 2.70 bits per heavy atom. The molecule has 0 spiro atoms. The molecule has 1 aliphatic rings. The maximum atomic E-state index is 12.1. The van der Waals surface area contributed by atoms with Gasteiger partial charge in [0.2, 0.25) is 5.15 Å². The molecule has 1 amide bonds. The number of aliphatic hydroxyl groups is 1. The number of aliphatic hydroxyl groups excluding tert-OH is 1. The maximum Gasteiger partial charge on any atom is 0.319 e. The predicted octanol–water partition coefficient (Wildman–Crippen LogP) is 1.68. The van der Waals surface area contributed by atoms with Crippen LogP contribution in [0.4, 0.5) is 5.69 Å². The lowest BCUT2D eigenvalue weighted by molar-refractivity contribution is -0.385. The Labute approximate surface area is 120 Å². The van der Waals surface area contributed by atoms with E-state index in [2.05, 4.69) is 10.3 Å². The maximum absolute atomic E-state index is 12.1. The summed E-state index contributed by atoms with van der Waals surface area (Å²) >= 11 is 5.66. The van der Waals surface area contributed by atoms with Crippen molar-refractivity contribution in [2.75, 3.05) is 0 Å². The largest absolute Gasteiger partial charge is 0.393 e. The number of carbonyl (C=O) groups is 1. The van der Waals surface area contributed by atoms with Gasteiger partial charge in [0, 0.05) is 12.2 Å². The van der Waals surface area contributed by atoms with E-state index in [9.17, 15) is 20.0 Å². The summed E-state index contributed by atoms with van der Waals surface area (Å²) in [6.45, 7) is 0. The van der Waals surface area contributed by atoms with Crippen LogP contribution in [0.15, 0.2) is 12.3 Å². The molecule has 0 aliphatic heterocycles. The van der Waals surface area contributed by atoms with Gasteiger partial charge in [-0.25, -0.2) is 4.98 Å². The topological polar surface area (TPSA) is 105 Å². The molecule has 8 heteroatoms. The Kier molecular flexibility index (Phi) is 4.51. The van der Waals surface area contributed by atoms with E-state index in [0.717, 1.165) is 0 Å². The van der Waals surface area contributed by atoms with Crippen LogP contribution in [0, 0.1) is 10.1 Å². The average molecular weight is 300 g/mol. The summed E-state index contributed by atoms with van der Waals surface area (Å²) in [4.78, 5) is 26.0. The number of pyridine rings is 1. The van der Waals surface area contributed by atoms with Crippen molar-refractivity contribution in [2.45, 2.75) is 37.8 Å². The fraction of sp³-hybridized carbons (Fsp3) is 0.500. The number of hydrogen-bond acceptors (Lipinski definition) is 5. The predicted molar refractivity (Wildman–Crippen MR) is 71.6 cm³/mol. The molecule has 1 aromatic rings. The van der Waals surface area contributed by atoms with Crippen molar-refractivity contribution in [2.24, 2.45) is 0 Å². The second-order valence-corrected chi connectivity index (χ2v) is 5.09. The minimum absolute atomic E-state index is 0.0857. The van der Waals surface area contributed by atoms with E-state index in [0.29, 0.717) is 25.7 Å². The quantitative estimate of drug-likeness (QED) is 0.502. The molecule has 0 bridgehead atoms. The minimum atomic E-state index is -0.713. The zero-order valence-electron chi connectivity index (χ0n) is 10.6. The van der Waals surface area contributed by atoms with Gasteiger partial charge in [-0.05, 0) is 31.7 Å². The van der Waals surface area contributed by atoms with Gasteiger partial charge >= 0.3 is 5.69 Å². The van der Waals surface area contributed by atoms with Crippen LogP contribution < -0.4 is 5.32 Å². The fourth-order valence-corrected chi connectivity index (χ4v) is 2.50. The number of aromatic nitrogens is 1. The van der Waals surface area contributed by atoms with E-state index < -0.39 is 16.5 Å². The highest BCUT2D eigenvalue weighted by molar-refractivity contribution is 6.32. The Balaban J connectivity index is 2.13. The van der Waals surface area contributed by atoms with Crippen LogP contribution in [0.25, 0.3) is 0 Å². The van der Waals surface area contributed by atoms with Crippen molar-refractivity contribution in [3.05, 3.63) is 33.1 Å². The normalized spacial score (nSPS) is 22.3. The fourth-order valence-electron chi connectivity index (χ4n) is 2.27. The van der Waals surface area contributed by atoms with Gasteiger partial charge in [0.05, 0.1) is 11.0 Å². The van der Waals surface area contributed by atoms with Crippen LogP contribution in [0.2, 0.25) is 5.15 Å². The van der Waals surface area contributed by atoms with Crippen molar-refractivity contribution in [3.63, 3.8) is 0 Å². The average Bonchev–Trinajstić information content (AvgIpc) is 2.40. The molecule has 20 heavy (non-hydrogen) atoms. The van der Waals surface area contributed by atoms with Gasteiger partial charge in [0.1, 0.15) is 5.56 Å². The summed E-state index contributed by atoms with van der Waals surface area (Å²) in [7, 11) is 0. The summed E-state index contributed by atoms with van der Waals surface area (Å²) in [5, 5.41) is 22.8. The first-order valence-electron chi connectivity index (χ1n) is 6.27. The molecule has 0 saturated heterocycles. The van der Waals surface area contributed by atoms with Crippen LogP contribution in [-0.2, 0) is 0 Å². The van der Waals surface area contributed by atoms with Crippen molar-refractivity contribution in [1.29, 1.82) is 0 Å². The van der Waals surface area contributed by atoms with Gasteiger partial charge < -0.3 is 10.4 Å². The Morgan fingerprint density at radius 1 is 1.45 bits per heavy atom. The van der Waals surface area contributed by atoms with Crippen LogP contribution in [-0.4, -0.2) is 33.1 Å². The summed E-state index contributed by atoms with van der Waals surface area (Å²) in [6, 6.07) is 1.19. The second kappa shape index (κ2) is 6.15. The molecule has 0 radical (unpaired) electrons. The van der Waals surface area contributed by atoms with Crippen molar-refractivity contribution >= 4 is 23.2 Å². The number of amides is 1. The molecule has 2 N–H and O–H groups in total. The van der Waals surface area contributed by atoms with Crippen LogP contribution in [0.5, 0.6) is 0 Å². The number of halogens is 1. The molecule has 108 valence electrons. The van der Waals surface area contributed by atoms with E-state index in [-0.39, 0.29) is 22.9 Å². The number of nitrogens with zero attached hydrogens (tertiary/aromatic N) is 2. The molecule has 0 aromatic carbocycles. The zero-order valence-corrected chi connectivity index (χ0v) is 11.3. The molecule has 1 aliphatic carbocycles. The monoisotopic (exact) mass is 299 g/mol. The van der Waals surface area contributed by atoms with E-state index in [1.807, 2.05) is 0 Å². The molecule has 2 rings (SSSR count). The zero-order chi connectivity index (χ0) is 14.7. The van der Waals surface area contributed by atoms with Gasteiger partial charge in [0.15, 0.2) is 0 Å². The number of hydrogen-bond donors (Lipinski definition) is 2. The molecule has 0 atom stereocenters. The highest BCUT2D eigenvalue weighted by Crippen LogP contribution is 2.26. The third-order valence-corrected chi connectivity index (χ3v) is 3.62. The van der Waals surface area contributed by atoms with Gasteiger partial charge in [-0.1, -0.05) is 11.6 Å². The minimum Gasteiger partial charge on any atom is -0.393 e. The Bertz CT molecular complexity index is 529. The number of rotatable bonds is 3. The third-order valence-electron chi connectivity index (χ3n) is 3.34. The highest BCUT2D eigenvalue weighted by Gasteiger charge is 2.27. The van der Waals surface area contributed by atoms with E-state index >= 15 is 0 Å². The first kappa shape index (κ1) is 14.7. The lowest BCUT2D eigenvalue weighted by atomic mass is 9.93. The van der Waals surface area contributed by atoms with Gasteiger partial charge in [-0.2, -0.15) is 0 Å². The molecular formula is C12H14ClN3O4. The molecular weight excluding hydrogens is 286 g/mol. The highest BCUT2D eigenvalue weighted by atomic mass is 35.5. The first-order valence-corrected chi connectivity index (χ1v) is 6.64. The van der Waals surface area contributed by atoms with Crippen LogP contribution in [0.1, 0.15) is 36.0 Å². The molecule has 7 nitrogen and oxygen atoms in total. The van der Waals surface area contributed by atoms with E-state index in [4.69, 9.17) is 11.6 Å². The Morgan fingerprint density at radius 2 is 2.10 bits per heavy atom. The van der Waals surface area contributed by atoms with Crippen molar-refractivity contribution < 1.29 is 14.8 Å². The summed E-state index contributed by atoms with van der Waals surface area (Å²) < 4.78 is 0. The summed E-state index contributed by atoms with van der Waals surface area (Å²) in [5.41, 5.74) is -0.580. The van der Waals surface area contributed by atoms with Crippen LogP contribution in [0.3, 0.4) is 0 Å². The van der Waals surface area contributed by atoms with Gasteiger partial charge in [-0.3, -0.25) is 14.9 Å². The molecule has 1 fully saturated rings. The number of carbonyl (C=O) groups excluding carboxylic acids is 1. The molecule has 0 unspecified atom stereocenters. The van der Waals surface area contributed by atoms with Crippen molar-refractivity contribution in [3.8, 4) is 0 Å². The molecule has 1 aromatic heterocycles. The second-order valence-electron chi connectivity index (χ2n) is 4.73. The smallest absolute Gasteiger partial charge is 0.319 e. The summed E-state index contributed by atoms with van der Waals surface area (Å²) in [6.07, 6.45) is 3.47. The SMILES string of the molecule is O=C(NC1CCC(O)CC1)c1ccnc(Cl)c1[N+](=O)[O-]. The molecule has 1 heterocycles. The Hall–Kier alpha value is -1.73.